The first-order valence-electron chi connectivity index (χ1n) is 6.41. The third kappa shape index (κ3) is 2.55. The van der Waals surface area contributed by atoms with E-state index >= 15 is 0 Å². The summed E-state index contributed by atoms with van der Waals surface area (Å²) in [5, 5.41) is 13.7. The van der Waals surface area contributed by atoms with Crippen LogP contribution in [0.15, 0.2) is 6.07 Å². The van der Waals surface area contributed by atoms with E-state index in [1.807, 2.05) is 13.8 Å². The van der Waals surface area contributed by atoms with Crippen molar-refractivity contribution in [1.82, 2.24) is 0 Å². The number of amides is 1. The molecule has 0 fully saturated rings. The Morgan fingerprint density at radius 2 is 2.21 bits per heavy atom. The van der Waals surface area contributed by atoms with Crippen LogP contribution in [-0.4, -0.2) is 17.6 Å². The smallest absolute Gasteiger partial charge is 0.225 e. The van der Waals surface area contributed by atoms with Crippen molar-refractivity contribution in [2.75, 3.05) is 11.9 Å². The molecule has 0 saturated carbocycles. The summed E-state index contributed by atoms with van der Waals surface area (Å²) in [7, 11) is 0. The molecular formula is C14H19ClN2O2. The molecule has 0 unspecified atom stereocenters. The first-order valence-corrected chi connectivity index (χ1v) is 6.79. The minimum Gasteiger partial charge on any atom is -0.507 e. The van der Waals surface area contributed by atoms with Gasteiger partial charge in [0.2, 0.25) is 5.91 Å². The van der Waals surface area contributed by atoms with Gasteiger partial charge in [-0.15, -0.1) is 0 Å². The molecule has 19 heavy (non-hydrogen) atoms. The number of hydrogen-bond donors (Lipinski definition) is 3. The summed E-state index contributed by atoms with van der Waals surface area (Å²) in [5.41, 5.74) is 7.13. The normalized spacial score (nSPS) is 16.9. The summed E-state index contributed by atoms with van der Waals surface area (Å²) in [6.45, 7) is 4.44. The second-order valence-electron chi connectivity index (χ2n) is 5.62. The van der Waals surface area contributed by atoms with E-state index in [2.05, 4.69) is 5.32 Å². The van der Waals surface area contributed by atoms with Crippen LogP contribution in [0, 0.1) is 0 Å². The summed E-state index contributed by atoms with van der Waals surface area (Å²) in [4.78, 5) is 11.7. The maximum Gasteiger partial charge on any atom is 0.225 e. The second-order valence-corrected chi connectivity index (χ2v) is 6.02. The van der Waals surface area contributed by atoms with Crippen molar-refractivity contribution in [2.45, 2.75) is 38.5 Å². The Bertz CT molecular complexity index is 527. The molecule has 5 heteroatoms. The molecule has 1 aromatic carbocycles. The van der Waals surface area contributed by atoms with Gasteiger partial charge in [0.05, 0.1) is 10.7 Å². The monoisotopic (exact) mass is 282 g/mol. The van der Waals surface area contributed by atoms with Gasteiger partial charge in [-0.2, -0.15) is 0 Å². The van der Waals surface area contributed by atoms with Crippen molar-refractivity contribution in [3.8, 4) is 5.75 Å². The van der Waals surface area contributed by atoms with Crippen LogP contribution in [0.1, 0.15) is 37.8 Å². The molecule has 1 amide bonds. The fourth-order valence-corrected chi connectivity index (χ4v) is 2.90. The Labute approximate surface area is 117 Å². The molecule has 0 bridgehead atoms. The lowest BCUT2D eigenvalue weighted by atomic mass is 9.76. The van der Waals surface area contributed by atoms with Gasteiger partial charge in [0.15, 0.2) is 0 Å². The fourth-order valence-electron chi connectivity index (χ4n) is 2.63. The molecule has 1 heterocycles. The van der Waals surface area contributed by atoms with Crippen LogP contribution in [0.25, 0.3) is 0 Å². The van der Waals surface area contributed by atoms with E-state index in [0.717, 1.165) is 17.5 Å². The average molecular weight is 283 g/mol. The Morgan fingerprint density at radius 3 is 2.84 bits per heavy atom. The van der Waals surface area contributed by atoms with Gasteiger partial charge < -0.3 is 16.2 Å². The molecule has 4 nitrogen and oxygen atoms in total. The Balaban J connectivity index is 2.57. The average Bonchev–Trinajstić information content (AvgIpc) is 2.29. The highest BCUT2D eigenvalue weighted by Gasteiger charge is 2.36. The minimum absolute atomic E-state index is 0.0755. The minimum atomic E-state index is -0.426. The van der Waals surface area contributed by atoms with Crippen LogP contribution in [0.2, 0.25) is 5.02 Å². The molecule has 0 saturated heterocycles. The molecule has 1 aromatic rings. The lowest BCUT2D eigenvalue weighted by Crippen LogP contribution is -2.33. The number of benzene rings is 1. The van der Waals surface area contributed by atoms with Crippen LogP contribution in [0.4, 0.5) is 5.69 Å². The van der Waals surface area contributed by atoms with Crippen molar-refractivity contribution < 1.29 is 9.90 Å². The summed E-state index contributed by atoms with van der Waals surface area (Å²) < 4.78 is 0. The van der Waals surface area contributed by atoms with Gasteiger partial charge >= 0.3 is 0 Å². The third-order valence-electron chi connectivity index (χ3n) is 3.52. The zero-order valence-corrected chi connectivity index (χ0v) is 12.0. The molecule has 0 spiro atoms. The van der Waals surface area contributed by atoms with Crippen molar-refractivity contribution in [3.63, 3.8) is 0 Å². The summed E-state index contributed by atoms with van der Waals surface area (Å²) >= 11 is 6.23. The highest BCUT2D eigenvalue weighted by molar-refractivity contribution is 6.34. The molecule has 104 valence electrons. The number of halogens is 1. The summed E-state index contributed by atoms with van der Waals surface area (Å²) in [6, 6.07) is 1.72. The van der Waals surface area contributed by atoms with E-state index in [4.69, 9.17) is 17.3 Å². The van der Waals surface area contributed by atoms with Crippen molar-refractivity contribution in [3.05, 3.63) is 22.2 Å². The number of phenolic OH excluding ortho intramolecular Hbond substituents is 1. The number of carbonyl (C=O) groups is 1. The Morgan fingerprint density at radius 1 is 1.53 bits per heavy atom. The molecule has 2 rings (SSSR count). The largest absolute Gasteiger partial charge is 0.507 e. The predicted octanol–water partition coefficient (Wildman–Crippen LogP) is 2.56. The lowest BCUT2D eigenvalue weighted by Gasteiger charge is -2.34. The van der Waals surface area contributed by atoms with E-state index in [1.165, 1.54) is 0 Å². The molecule has 0 aliphatic carbocycles. The van der Waals surface area contributed by atoms with E-state index in [-0.39, 0.29) is 11.7 Å². The number of rotatable bonds is 3. The zero-order valence-electron chi connectivity index (χ0n) is 11.2. The second kappa shape index (κ2) is 5.02. The quantitative estimate of drug-likeness (QED) is 0.797. The third-order valence-corrected chi connectivity index (χ3v) is 3.82. The van der Waals surface area contributed by atoms with Gasteiger partial charge in [-0.3, -0.25) is 4.79 Å². The number of anilines is 1. The van der Waals surface area contributed by atoms with Gasteiger partial charge in [-0.25, -0.2) is 0 Å². The summed E-state index contributed by atoms with van der Waals surface area (Å²) in [6.07, 6.45) is 1.80. The molecule has 0 aromatic heterocycles. The first kappa shape index (κ1) is 14.2. The van der Waals surface area contributed by atoms with Gasteiger partial charge in [0, 0.05) is 17.4 Å². The number of hydrogen-bond acceptors (Lipinski definition) is 3. The van der Waals surface area contributed by atoms with Gasteiger partial charge in [-0.1, -0.05) is 25.4 Å². The van der Waals surface area contributed by atoms with Crippen molar-refractivity contribution in [1.29, 1.82) is 0 Å². The number of aromatic hydroxyl groups is 1. The maximum absolute atomic E-state index is 11.7. The number of nitrogens with one attached hydrogen (secondary N) is 1. The van der Waals surface area contributed by atoms with Gasteiger partial charge in [0.1, 0.15) is 5.75 Å². The van der Waals surface area contributed by atoms with Crippen LogP contribution in [-0.2, 0) is 16.6 Å². The van der Waals surface area contributed by atoms with E-state index in [9.17, 15) is 9.90 Å². The number of fused-ring (bicyclic) bond motifs is 1. The maximum atomic E-state index is 11.7. The first-order chi connectivity index (χ1) is 8.86. The van der Waals surface area contributed by atoms with Crippen LogP contribution < -0.4 is 11.1 Å². The SMILES string of the molecule is CC1(C)CC(=O)Nc2c(Cl)cc(CCCN)c(O)c21. The highest BCUT2D eigenvalue weighted by atomic mass is 35.5. The highest BCUT2D eigenvalue weighted by Crippen LogP contribution is 2.47. The van der Waals surface area contributed by atoms with Crippen LogP contribution in [0.3, 0.4) is 0 Å². The number of nitrogens with two attached hydrogens (primary N) is 1. The molecule has 1 aliphatic rings. The van der Waals surface area contributed by atoms with Crippen LogP contribution in [0.5, 0.6) is 5.75 Å². The lowest BCUT2D eigenvalue weighted by molar-refractivity contribution is -0.117. The Hall–Kier alpha value is -1.26. The zero-order chi connectivity index (χ0) is 14.2. The molecule has 4 N–H and O–H groups in total. The molecule has 0 radical (unpaired) electrons. The van der Waals surface area contributed by atoms with E-state index < -0.39 is 5.41 Å². The fraction of sp³-hybridized carbons (Fsp3) is 0.500. The predicted molar refractivity (Wildman–Crippen MR) is 76.8 cm³/mol. The van der Waals surface area contributed by atoms with E-state index in [1.54, 1.807) is 6.07 Å². The van der Waals surface area contributed by atoms with Crippen molar-refractivity contribution >= 4 is 23.2 Å². The molecule has 0 atom stereocenters. The number of carbonyl (C=O) groups excluding carboxylic acids is 1. The topological polar surface area (TPSA) is 75.4 Å². The standard InChI is InChI=1S/C14H19ClN2O2/c1-14(2)7-10(18)17-12-9(15)6-8(4-3-5-16)13(19)11(12)14/h6,19H,3-5,7,16H2,1-2H3,(H,17,18). The molecular weight excluding hydrogens is 264 g/mol. The summed E-state index contributed by atoms with van der Waals surface area (Å²) in [5.74, 6) is 0.159. The number of aryl methyl sites for hydroxylation is 1. The number of phenols is 1. The van der Waals surface area contributed by atoms with Crippen molar-refractivity contribution in [2.24, 2.45) is 5.73 Å². The Kier molecular flexibility index (Phi) is 3.74. The van der Waals surface area contributed by atoms with E-state index in [0.29, 0.717) is 30.1 Å². The van der Waals surface area contributed by atoms with Crippen LogP contribution >= 0.6 is 11.6 Å². The molecule has 1 aliphatic heterocycles. The van der Waals surface area contributed by atoms with Gasteiger partial charge in [-0.05, 0) is 31.0 Å². The van der Waals surface area contributed by atoms with Gasteiger partial charge in [0.25, 0.3) is 0 Å².